The van der Waals surface area contributed by atoms with Crippen LogP contribution in [0.4, 0.5) is 5.82 Å². The molecule has 0 aliphatic rings. The van der Waals surface area contributed by atoms with Crippen molar-refractivity contribution in [1.29, 1.82) is 0 Å². The first-order valence-corrected chi connectivity index (χ1v) is 4.25. The summed E-state index contributed by atoms with van der Waals surface area (Å²) in [6.45, 7) is 1.50. The third-order valence-electron chi connectivity index (χ3n) is 2.00. The van der Waals surface area contributed by atoms with Gasteiger partial charge in [0.15, 0.2) is 11.4 Å². The van der Waals surface area contributed by atoms with E-state index in [-0.39, 0.29) is 5.78 Å². The van der Waals surface area contributed by atoms with Crippen molar-refractivity contribution < 1.29 is 4.79 Å². The number of ketones is 1. The molecule has 14 heavy (non-hydrogen) atoms. The number of anilines is 1. The molecule has 5 nitrogen and oxygen atoms in total. The van der Waals surface area contributed by atoms with E-state index in [1.165, 1.54) is 13.1 Å². The van der Waals surface area contributed by atoms with Crippen LogP contribution in [0.2, 0.25) is 0 Å². The average Bonchev–Trinajstić information content (AvgIpc) is 2.59. The fraction of sp³-hybridized carbons (Fsp3) is 0.222. The minimum Gasteiger partial charge on any atom is -0.373 e. The molecule has 2 aromatic heterocycles. The van der Waals surface area contributed by atoms with Gasteiger partial charge in [-0.3, -0.25) is 4.79 Å². The van der Waals surface area contributed by atoms with Gasteiger partial charge in [0.05, 0.1) is 11.8 Å². The molecule has 0 aliphatic heterocycles. The minimum absolute atomic E-state index is 0.0271. The Labute approximate surface area is 80.8 Å². The molecular weight excluding hydrogens is 180 g/mol. The van der Waals surface area contributed by atoms with Crippen LogP contribution in [0.25, 0.3) is 5.65 Å². The summed E-state index contributed by atoms with van der Waals surface area (Å²) in [7, 11) is 1.78. The predicted octanol–water partition coefficient (Wildman–Crippen LogP) is 0.974. The fourth-order valence-corrected chi connectivity index (χ4v) is 1.26. The quantitative estimate of drug-likeness (QED) is 0.717. The van der Waals surface area contributed by atoms with Crippen molar-refractivity contribution in [3.63, 3.8) is 0 Å². The Morgan fingerprint density at radius 1 is 1.57 bits per heavy atom. The molecule has 0 bridgehead atoms. The van der Waals surface area contributed by atoms with Gasteiger partial charge in [-0.05, 0) is 13.0 Å². The normalized spacial score (nSPS) is 10.4. The summed E-state index contributed by atoms with van der Waals surface area (Å²) >= 11 is 0. The molecule has 0 atom stereocenters. The molecule has 2 heterocycles. The van der Waals surface area contributed by atoms with Crippen LogP contribution in [0.1, 0.15) is 17.3 Å². The van der Waals surface area contributed by atoms with Crippen molar-refractivity contribution >= 4 is 17.2 Å². The number of nitrogens with zero attached hydrogens (tertiary/aromatic N) is 3. The van der Waals surface area contributed by atoms with Crippen LogP contribution in [-0.2, 0) is 0 Å². The number of Topliss-reactive ketones (excluding diaryl/α,β-unsaturated/α-hetero) is 1. The molecule has 2 rings (SSSR count). The van der Waals surface area contributed by atoms with E-state index >= 15 is 0 Å². The third-order valence-corrected chi connectivity index (χ3v) is 2.00. The minimum atomic E-state index is -0.0271. The maximum atomic E-state index is 11.2. The standard InChI is InChI=1S/C9H10N4O/c1-6(14)7-5-11-13-4-3-8(10-2)12-9(7)13/h3-5H,1-2H3,(H,10,12). The summed E-state index contributed by atoms with van der Waals surface area (Å²) in [5.74, 6) is 0.696. The van der Waals surface area contributed by atoms with E-state index in [9.17, 15) is 4.79 Å². The Balaban J connectivity index is 2.69. The maximum absolute atomic E-state index is 11.2. The second kappa shape index (κ2) is 3.10. The number of carbonyl (C=O) groups excluding carboxylic acids is 1. The average molecular weight is 190 g/mol. The zero-order valence-corrected chi connectivity index (χ0v) is 7.98. The Morgan fingerprint density at radius 3 is 3.00 bits per heavy atom. The van der Waals surface area contributed by atoms with Gasteiger partial charge in [-0.2, -0.15) is 5.10 Å². The van der Waals surface area contributed by atoms with Gasteiger partial charge in [0.1, 0.15) is 5.82 Å². The first-order chi connectivity index (χ1) is 6.72. The summed E-state index contributed by atoms with van der Waals surface area (Å²) in [6, 6.07) is 1.80. The lowest BCUT2D eigenvalue weighted by Crippen LogP contribution is -1.98. The third kappa shape index (κ3) is 1.22. The summed E-state index contributed by atoms with van der Waals surface area (Å²) in [6.07, 6.45) is 3.30. The Morgan fingerprint density at radius 2 is 2.36 bits per heavy atom. The van der Waals surface area contributed by atoms with Crippen molar-refractivity contribution in [2.24, 2.45) is 0 Å². The molecule has 0 saturated heterocycles. The van der Waals surface area contributed by atoms with Crippen molar-refractivity contribution in [1.82, 2.24) is 14.6 Å². The monoisotopic (exact) mass is 190 g/mol. The first-order valence-electron chi connectivity index (χ1n) is 4.25. The van der Waals surface area contributed by atoms with Crippen molar-refractivity contribution in [3.05, 3.63) is 24.0 Å². The van der Waals surface area contributed by atoms with E-state index in [2.05, 4.69) is 15.4 Å². The number of aromatic nitrogens is 3. The van der Waals surface area contributed by atoms with Crippen LogP contribution in [0, 0.1) is 0 Å². The summed E-state index contributed by atoms with van der Waals surface area (Å²) in [5.41, 5.74) is 1.13. The number of fused-ring (bicyclic) bond motifs is 1. The molecule has 0 fully saturated rings. The van der Waals surface area contributed by atoms with Crippen LogP contribution < -0.4 is 5.32 Å². The molecule has 0 unspecified atom stereocenters. The smallest absolute Gasteiger partial charge is 0.168 e. The first kappa shape index (κ1) is 8.68. The highest BCUT2D eigenvalue weighted by molar-refractivity contribution is 5.99. The van der Waals surface area contributed by atoms with E-state index in [1.807, 2.05) is 0 Å². The van der Waals surface area contributed by atoms with Gasteiger partial charge in [-0.25, -0.2) is 9.50 Å². The fourth-order valence-electron chi connectivity index (χ4n) is 1.26. The van der Waals surface area contributed by atoms with Crippen molar-refractivity contribution in [3.8, 4) is 0 Å². The Bertz CT molecular complexity index is 489. The van der Waals surface area contributed by atoms with Gasteiger partial charge in [0.2, 0.25) is 0 Å². The van der Waals surface area contributed by atoms with Gasteiger partial charge >= 0.3 is 0 Å². The lowest BCUT2D eigenvalue weighted by atomic mass is 10.2. The Hall–Kier alpha value is -1.91. The largest absolute Gasteiger partial charge is 0.373 e. The zero-order valence-electron chi connectivity index (χ0n) is 7.98. The van der Waals surface area contributed by atoms with Crippen molar-refractivity contribution in [2.45, 2.75) is 6.92 Å². The van der Waals surface area contributed by atoms with E-state index < -0.39 is 0 Å². The van der Waals surface area contributed by atoms with Gasteiger partial charge in [0.25, 0.3) is 0 Å². The SMILES string of the molecule is CNc1ccn2ncc(C(C)=O)c2n1. The highest BCUT2D eigenvalue weighted by Gasteiger charge is 2.09. The maximum Gasteiger partial charge on any atom is 0.168 e. The molecule has 5 heteroatoms. The summed E-state index contributed by atoms with van der Waals surface area (Å²) in [5, 5.41) is 6.93. The van der Waals surface area contributed by atoms with Crippen LogP contribution in [-0.4, -0.2) is 27.4 Å². The number of nitrogens with one attached hydrogen (secondary N) is 1. The Kier molecular flexibility index (Phi) is 1.92. The van der Waals surface area contributed by atoms with Crippen LogP contribution in [0.15, 0.2) is 18.5 Å². The number of carbonyl (C=O) groups is 1. The molecule has 1 N–H and O–H groups in total. The molecule has 2 aromatic rings. The number of hydrogen-bond acceptors (Lipinski definition) is 4. The molecule has 72 valence electrons. The molecule has 0 radical (unpaired) electrons. The molecule has 0 amide bonds. The van der Waals surface area contributed by atoms with Crippen LogP contribution in [0.3, 0.4) is 0 Å². The topological polar surface area (TPSA) is 59.3 Å². The van der Waals surface area contributed by atoms with Crippen LogP contribution in [0.5, 0.6) is 0 Å². The molecular formula is C9H10N4O. The lowest BCUT2D eigenvalue weighted by molar-refractivity contribution is 0.101. The zero-order chi connectivity index (χ0) is 10.1. The summed E-state index contributed by atoms with van der Waals surface area (Å²) in [4.78, 5) is 15.4. The lowest BCUT2D eigenvalue weighted by Gasteiger charge is -1.99. The van der Waals surface area contributed by atoms with E-state index in [1.54, 1.807) is 23.8 Å². The molecule has 0 aromatic carbocycles. The molecule has 0 aliphatic carbocycles. The second-order valence-corrected chi connectivity index (χ2v) is 2.95. The highest BCUT2D eigenvalue weighted by Crippen LogP contribution is 2.11. The van der Waals surface area contributed by atoms with Gasteiger partial charge in [0, 0.05) is 13.2 Å². The number of rotatable bonds is 2. The van der Waals surface area contributed by atoms with Gasteiger partial charge in [-0.15, -0.1) is 0 Å². The van der Waals surface area contributed by atoms with Gasteiger partial charge in [-0.1, -0.05) is 0 Å². The molecule has 0 spiro atoms. The number of hydrogen-bond donors (Lipinski definition) is 1. The van der Waals surface area contributed by atoms with E-state index in [0.717, 1.165) is 5.82 Å². The predicted molar refractivity (Wildman–Crippen MR) is 52.5 cm³/mol. The molecule has 0 saturated carbocycles. The summed E-state index contributed by atoms with van der Waals surface area (Å²) < 4.78 is 1.58. The highest BCUT2D eigenvalue weighted by atomic mass is 16.1. The second-order valence-electron chi connectivity index (χ2n) is 2.95. The van der Waals surface area contributed by atoms with E-state index in [0.29, 0.717) is 11.2 Å². The van der Waals surface area contributed by atoms with E-state index in [4.69, 9.17) is 0 Å². The van der Waals surface area contributed by atoms with Crippen molar-refractivity contribution in [2.75, 3.05) is 12.4 Å². The van der Waals surface area contributed by atoms with Crippen LogP contribution >= 0.6 is 0 Å². The van der Waals surface area contributed by atoms with Gasteiger partial charge < -0.3 is 5.32 Å².